The molecule has 1 aliphatic heterocycles. The van der Waals surface area contributed by atoms with Gasteiger partial charge in [0.05, 0.1) is 19.4 Å². The van der Waals surface area contributed by atoms with E-state index >= 15 is 4.39 Å². The number of pyridine rings is 1. The molecule has 9 heteroatoms. The average molecular weight is 445 g/mol. The van der Waals surface area contributed by atoms with Crippen LogP contribution in [0.2, 0.25) is 0 Å². The van der Waals surface area contributed by atoms with E-state index < -0.39 is 33.6 Å². The van der Waals surface area contributed by atoms with E-state index in [1.165, 1.54) is 13.3 Å². The van der Waals surface area contributed by atoms with Crippen molar-refractivity contribution in [2.24, 2.45) is 5.41 Å². The molecule has 1 N–H and O–H groups in total. The van der Waals surface area contributed by atoms with Gasteiger partial charge >= 0.3 is 5.97 Å². The van der Waals surface area contributed by atoms with E-state index in [2.05, 4.69) is 0 Å². The van der Waals surface area contributed by atoms with Crippen molar-refractivity contribution in [3.05, 3.63) is 45.5 Å². The first-order valence-electron chi connectivity index (χ1n) is 10.5. The summed E-state index contributed by atoms with van der Waals surface area (Å²) in [7, 11) is 5.05. The number of hydrogen-bond donors (Lipinski definition) is 1. The van der Waals surface area contributed by atoms with Crippen molar-refractivity contribution in [2.75, 3.05) is 27.4 Å². The molecule has 0 radical (unpaired) electrons. The first-order valence-corrected chi connectivity index (χ1v) is 10.5. The number of hydrogen-bond acceptors (Lipinski definition) is 5. The molecule has 0 saturated heterocycles. The molecule has 0 saturated carbocycles. The van der Waals surface area contributed by atoms with Crippen molar-refractivity contribution < 1.29 is 28.5 Å². The SMILES string of the molecule is B[C@@]1(C(C)(C)C)Cc2cc(OCCCOC)c(OC)cc2-c2c(F)c(=O)c(C(=O)O)cn21. The highest BCUT2D eigenvalue weighted by Crippen LogP contribution is 2.48. The summed E-state index contributed by atoms with van der Waals surface area (Å²) in [4.78, 5) is 24.2. The molecule has 0 spiro atoms. The normalized spacial score (nSPS) is 17.4. The second-order valence-corrected chi connectivity index (χ2v) is 9.27. The van der Waals surface area contributed by atoms with E-state index in [-0.39, 0.29) is 5.69 Å². The van der Waals surface area contributed by atoms with Crippen molar-refractivity contribution in [2.45, 2.75) is 39.1 Å². The van der Waals surface area contributed by atoms with Crippen LogP contribution >= 0.6 is 0 Å². The number of carboxylic acids is 1. The number of aromatic carboxylic acids is 1. The number of nitrogens with zero attached hydrogens (tertiary/aromatic N) is 1. The minimum atomic E-state index is -1.45. The summed E-state index contributed by atoms with van der Waals surface area (Å²) < 4.78 is 33.5. The van der Waals surface area contributed by atoms with Crippen LogP contribution in [-0.4, -0.2) is 50.9 Å². The summed E-state index contributed by atoms with van der Waals surface area (Å²) in [5.74, 6) is -1.61. The van der Waals surface area contributed by atoms with Crippen molar-refractivity contribution in [3.63, 3.8) is 0 Å². The summed E-state index contributed by atoms with van der Waals surface area (Å²) in [5, 5.41) is 9.47. The quantitative estimate of drug-likeness (QED) is 0.521. The molecule has 1 aliphatic rings. The van der Waals surface area contributed by atoms with Gasteiger partial charge < -0.3 is 23.9 Å². The summed E-state index contributed by atoms with van der Waals surface area (Å²) in [6.45, 7) is 6.99. The minimum absolute atomic E-state index is 0.0582. The highest BCUT2D eigenvalue weighted by molar-refractivity contribution is 6.15. The Morgan fingerprint density at radius 3 is 2.50 bits per heavy atom. The molecule has 172 valence electrons. The second kappa shape index (κ2) is 8.62. The van der Waals surface area contributed by atoms with Crippen molar-refractivity contribution in [1.29, 1.82) is 0 Å². The first kappa shape index (κ1) is 23.8. The fraction of sp³-hybridized carbons (Fsp3) is 0.478. The molecule has 2 heterocycles. The van der Waals surface area contributed by atoms with E-state index in [1.54, 1.807) is 17.7 Å². The minimum Gasteiger partial charge on any atom is -0.493 e. The van der Waals surface area contributed by atoms with E-state index in [4.69, 9.17) is 14.2 Å². The first-order chi connectivity index (χ1) is 15.0. The van der Waals surface area contributed by atoms with Crippen LogP contribution in [0.3, 0.4) is 0 Å². The molecular weight excluding hydrogens is 416 g/mol. The Morgan fingerprint density at radius 1 is 1.25 bits per heavy atom. The molecule has 7 nitrogen and oxygen atoms in total. The molecule has 3 rings (SSSR count). The van der Waals surface area contributed by atoms with Crippen molar-refractivity contribution in [3.8, 4) is 22.8 Å². The third-order valence-corrected chi connectivity index (χ3v) is 6.46. The smallest absolute Gasteiger partial charge is 0.341 e. The third kappa shape index (κ3) is 3.90. The zero-order chi connectivity index (χ0) is 23.8. The Kier molecular flexibility index (Phi) is 6.42. The van der Waals surface area contributed by atoms with Crippen LogP contribution in [0, 0.1) is 11.2 Å². The molecular formula is C23H29BFNO6. The number of carbonyl (C=O) groups is 1. The van der Waals surface area contributed by atoms with Gasteiger partial charge in [-0.05, 0) is 29.5 Å². The Morgan fingerprint density at radius 2 is 1.94 bits per heavy atom. The summed E-state index contributed by atoms with van der Waals surface area (Å²) in [5.41, 5.74) is -1.48. The molecule has 0 fully saturated rings. The Bertz CT molecular complexity index is 1110. The third-order valence-electron chi connectivity index (χ3n) is 6.46. The zero-order valence-corrected chi connectivity index (χ0v) is 19.4. The van der Waals surface area contributed by atoms with Gasteiger partial charge in [0.2, 0.25) is 5.43 Å². The van der Waals surface area contributed by atoms with E-state index in [9.17, 15) is 14.7 Å². The van der Waals surface area contributed by atoms with Gasteiger partial charge in [-0.3, -0.25) is 4.79 Å². The van der Waals surface area contributed by atoms with E-state index in [0.717, 1.165) is 5.56 Å². The second-order valence-electron chi connectivity index (χ2n) is 9.27. The molecule has 2 aromatic rings. The fourth-order valence-electron chi connectivity index (χ4n) is 4.08. The van der Waals surface area contributed by atoms with Crippen LogP contribution in [0.5, 0.6) is 11.5 Å². The molecule has 0 amide bonds. The topological polar surface area (TPSA) is 87.0 Å². The lowest BCUT2D eigenvalue weighted by Crippen LogP contribution is -2.51. The van der Waals surface area contributed by atoms with Crippen LogP contribution in [0.25, 0.3) is 11.3 Å². The summed E-state index contributed by atoms with van der Waals surface area (Å²) in [6, 6.07) is 3.47. The van der Waals surface area contributed by atoms with E-state index in [1.807, 2.05) is 34.7 Å². The maximum absolute atomic E-state index is 15.5. The van der Waals surface area contributed by atoms with Crippen molar-refractivity contribution in [1.82, 2.24) is 4.57 Å². The number of benzene rings is 1. The average Bonchev–Trinajstić information content (AvgIpc) is 2.72. The van der Waals surface area contributed by atoms with Gasteiger partial charge in [-0.2, -0.15) is 0 Å². The summed E-state index contributed by atoms with van der Waals surface area (Å²) in [6.07, 6.45) is 2.44. The molecule has 0 aliphatic carbocycles. The Labute approximate surface area is 187 Å². The van der Waals surface area contributed by atoms with Crippen LogP contribution in [0.4, 0.5) is 4.39 Å². The summed E-state index contributed by atoms with van der Waals surface area (Å²) >= 11 is 0. The van der Waals surface area contributed by atoms with Crippen LogP contribution in [-0.2, 0) is 16.6 Å². The van der Waals surface area contributed by atoms with Gasteiger partial charge in [0.1, 0.15) is 13.4 Å². The maximum atomic E-state index is 15.5. The molecule has 1 aromatic carbocycles. The lowest BCUT2D eigenvalue weighted by Gasteiger charge is -2.49. The van der Waals surface area contributed by atoms with E-state index in [0.29, 0.717) is 43.1 Å². The predicted molar refractivity (Wildman–Crippen MR) is 121 cm³/mol. The number of halogens is 1. The number of methoxy groups -OCH3 is 2. The van der Waals surface area contributed by atoms with Gasteiger partial charge in [-0.15, -0.1) is 0 Å². The highest BCUT2D eigenvalue weighted by Gasteiger charge is 2.45. The van der Waals surface area contributed by atoms with Gasteiger partial charge in [0.25, 0.3) is 0 Å². The number of ether oxygens (including phenoxy) is 3. The van der Waals surface area contributed by atoms with Crippen LogP contribution in [0.15, 0.2) is 23.1 Å². The number of fused-ring (bicyclic) bond motifs is 3. The Balaban J connectivity index is 2.28. The van der Waals surface area contributed by atoms with Crippen LogP contribution < -0.4 is 14.9 Å². The molecule has 0 bridgehead atoms. The van der Waals surface area contributed by atoms with Crippen LogP contribution in [0.1, 0.15) is 43.1 Å². The van der Waals surface area contributed by atoms with Gasteiger partial charge in [0.15, 0.2) is 17.3 Å². The number of aromatic nitrogens is 1. The molecule has 32 heavy (non-hydrogen) atoms. The predicted octanol–water partition coefficient (Wildman–Crippen LogP) is 2.66. The number of carboxylic acid groups (broad SMARTS) is 1. The Hall–Kier alpha value is -2.81. The van der Waals surface area contributed by atoms with Gasteiger partial charge in [-0.25, -0.2) is 9.18 Å². The van der Waals surface area contributed by atoms with Gasteiger partial charge in [-0.1, -0.05) is 20.8 Å². The fourth-order valence-corrected chi connectivity index (χ4v) is 4.08. The maximum Gasteiger partial charge on any atom is 0.341 e. The van der Waals surface area contributed by atoms with Gasteiger partial charge in [0, 0.05) is 37.3 Å². The largest absolute Gasteiger partial charge is 0.493 e. The lowest BCUT2D eigenvalue weighted by molar-refractivity contribution is 0.0692. The zero-order valence-electron chi connectivity index (χ0n) is 19.4. The monoisotopic (exact) mass is 445 g/mol. The molecule has 1 aromatic heterocycles. The number of rotatable bonds is 7. The highest BCUT2D eigenvalue weighted by atomic mass is 19.1. The molecule has 1 atom stereocenters. The molecule has 0 unspecified atom stereocenters. The standard InChI is InChI=1S/C23H29BFNO6/c1-22(2,3)23(24)11-13-9-17(32-8-6-7-30-4)16(31-5)10-14(13)19-18(25)20(27)15(21(28)29)12-26(19)23/h9-10,12H,6-8,11,24H2,1-5H3,(H,28,29)/t23-/m0/s1. The van der Waals surface area contributed by atoms with Crippen molar-refractivity contribution >= 4 is 13.8 Å². The lowest BCUT2D eigenvalue weighted by atomic mass is 9.56.